The third kappa shape index (κ3) is 2.81. The highest BCUT2D eigenvalue weighted by atomic mass is 79.9. The average Bonchev–Trinajstić information content (AvgIpc) is 2.58. The molecule has 108 valence electrons. The number of urea groups is 1. The van der Waals surface area contributed by atoms with E-state index in [2.05, 4.69) is 42.0 Å². The van der Waals surface area contributed by atoms with Crippen LogP contribution in [0.3, 0.4) is 0 Å². The summed E-state index contributed by atoms with van der Waals surface area (Å²) in [5, 5.41) is 3.72. The number of imide groups is 1. The Kier molecular flexibility index (Phi) is 3.96. The number of nitrogens with zero attached hydrogens (tertiary/aromatic N) is 1. The largest absolute Gasteiger partial charge is 0.325 e. The lowest BCUT2D eigenvalue weighted by Gasteiger charge is -2.34. The predicted molar refractivity (Wildman–Crippen MR) is 78.2 cm³/mol. The van der Waals surface area contributed by atoms with Gasteiger partial charge in [-0.25, -0.2) is 4.79 Å². The zero-order valence-electron chi connectivity index (χ0n) is 12.0. The first-order valence-electron chi connectivity index (χ1n) is 7.00. The Morgan fingerprint density at radius 3 is 2.47 bits per heavy atom. The van der Waals surface area contributed by atoms with E-state index < -0.39 is 5.54 Å². The van der Waals surface area contributed by atoms with Crippen molar-refractivity contribution in [2.75, 3.05) is 11.9 Å². The molecule has 0 radical (unpaired) electrons. The minimum Gasteiger partial charge on any atom is -0.323 e. The van der Waals surface area contributed by atoms with Crippen molar-refractivity contribution in [1.29, 1.82) is 0 Å². The van der Waals surface area contributed by atoms with E-state index in [1.807, 2.05) is 0 Å². The minimum atomic E-state index is -0.605. The fourth-order valence-corrected chi connectivity index (χ4v) is 3.06. The van der Waals surface area contributed by atoms with Crippen LogP contribution in [0.4, 0.5) is 4.79 Å². The van der Waals surface area contributed by atoms with E-state index in [1.54, 1.807) is 0 Å². The van der Waals surface area contributed by atoms with Gasteiger partial charge in [-0.2, -0.15) is 0 Å². The van der Waals surface area contributed by atoms with Gasteiger partial charge in [0.1, 0.15) is 5.54 Å². The van der Waals surface area contributed by atoms with Gasteiger partial charge in [-0.15, -0.1) is 0 Å². The van der Waals surface area contributed by atoms with Crippen LogP contribution < -0.4 is 5.32 Å². The Bertz CT molecular complexity index is 387. The maximum Gasteiger partial charge on any atom is 0.325 e. The van der Waals surface area contributed by atoms with E-state index in [4.69, 9.17) is 0 Å². The van der Waals surface area contributed by atoms with Crippen molar-refractivity contribution >= 4 is 27.9 Å². The lowest BCUT2D eigenvalue weighted by Crippen LogP contribution is -2.49. The first-order chi connectivity index (χ1) is 8.80. The van der Waals surface area contributed by atoms with Gasteiger partial charge in [-0.1, -0.05) is 36.7 Å². The Hall–Kier alpha value is -0.580. The van der Waals surface area contributed by atoms with Crippen molar-refractivity contribution in [3.05, 3.63) is 0 Å². The van der Waals surface area contributed by atoms with Crippen molar-refractivity contribution in [2.24, 2.45) is 11.3 Å². The first kappa shape index (κ1) is 14.8. The number of hydrogen-bond donors (Lipinski definition) is 1. The molecule has 1 spiro atoms. The lowest BCUT2D eigenvalue weighted by atomic mass is 9.77. The van der Waals surface area contributed by atoms with E-state index in [0.29, 0.717) is 12.5 Å². The molecule has 5 heteroatoms. The molecule has 0 aromatic carbocycles. The van der Waals surface area contributed by atoms with Crippen molar-refractivity contribution in [3.63, 3.8) is 0 Å². The number of rotatable bonds is 3. The molecule has 1 aliphatic carbocycles. The SMILES string of the molecule is CC1CCC2(CC1)NC(=O)N(CC(C)(C)CBr)C2=O. The van der Waals surface area contributed by atoms with Crippen LogP contribution in [0.1, 0.15) is 46.5 Å². The summed E-state index contributed by atoms with van der Waals surface area (Å²) in [4.78, 5) is 26.1. The number of nitrogens with one attached hydrogen (secondary N) is 1. The number of hydrogen-bond acceptors (Lipinski definition) is 2. The van der Waals surface area contributed by atoms with Gasteiger partial charge in [0.15, 0.2) is 0 Å². The van der Waals surface area contributed by atoms with Crippen LogP contribution in [0.5, 0.6) is 0 Å². The third-order valence-corrected chi connectivity index (χ3v) is 5.84. The second-order valence-corrected chi connectivity index (χ2v) is 7.44. The highest BCUT2D eigenvalue weighted by Gasteiger charge is 2.52. The van der Waals surface area contributed by atoms with E-state index >= 15 is 0 Å². The van der Waals surface area contributed by atoms with Crippen LogP contribution >= 0.6 is 15.9 Å². The summed E-state index contributed by atoms with van der Waals surface area (Å²) in [7, 11) is 0. The number of carbonyl (C=O) groups excluding carboxylic acids is 2. The summed E-state index contributed by atoms with van der Waals surface area (Å²) < 4.78 is 0. The maximum atomic E-state index is 12.6. The highest BCUT2D eigenvalue weighted by Crippen LogP contribution is 2.37. The molecule has 0 aromatic heterocycles. The summed E-state index contributed by atoms with van der Waals surface area (Å²) >= 11 is 3.44. The van der Waals surface area contributed by atoms with Gasteiger partial charge in [0, 0.05) is 11.9 Å². The molecule has 3 amide bonds. The van der Waals surface area contributed by atoms with E-state index in [-0.39, 0.29) is 17.4 Å². The molecule has 0 unspecified atom stereocenters. The molecule has 1 N–H and O–H groups in total. The molecule has 1 heterocycles. The average molecular weight is 331 g/mol. The zero-order chi connectivity index (χ0) is 14.3. The molecule has 2 rings (SSSR count). The quantitative estimate of drug-likeness (QED) is 0.639. The van der Waals surface area contributed by atoms with Crippen LogP contribution in [0, 0.1) is 11.3 Å². The van der Waals surface area contributed by atoms with E-state index in [9.17, 15) is 9.59 Å². The van der Waals surface area contributed by atoms with Crippen LogP contribution in [0.25, 0.3) is 0 Å². The fourth-order valence-electron chi connectivity index (χ4n) is 2.88. The molecular formula is C14H23BrN2O2. The predicted octanol–water partition coefficient (Wildman–Crippen LogP) is 2.91. The monoisotopic (exact) mass is 330 g/mol. The van der Waals surface area contributed by atoms with Gasteiger partial charge in [0.05, 0.1) is 0 Å². The molecule has 1 saturated heterocycles. The summed E-state index contributed by atoms with van der Waals surface area (Å²) in [6.45, 7) is 6.78. The molecule has 0 atom stereocenters. The fraction of sp³-hybridized carbons (Fsp3) is 0.857. The van der Waals surface area contributed by atoms with Gasteiger partial charge in [0.25, 0.3) is 5.91 Å². The van der Waals surface area contributed by atoms with Crippen molar-refractivity contribution in [3.8, 4) is 0 Å². The molecule has 0 aromatic rings. The molecule has 2 aliphatic rings. The minimum absolute atomic E-state index is 0.0153. The Morgan fingerprint density at radius 1 is 1.37 bits per heavy atom. The van der Waals surface area contributed by atoms with E-state index in [1.165, 1.54) is 4.90 Å². The molecular weight excluding hydrogens is 308 g/mol. The summed E-state index contributed by atoms with van der Waals surface area (Å²) in [5.74, 6) is 0.641. The van der Waals surface area contributed by atoms with Gasteiger partial charge in [0.2, 0.25) is 0 Å². The smallest absolute Gasteiger partial charge is 0.323 e. The van der Waals surface area contributed by atoms with Crippen molar-refractivity contribution < 1.29 is 9.59 Å². The Labute approximate surface area is 123 Å². The number of alkyl halides is 1. The number of amides is 3. The topological polar surface area (TPSA) is 49.4 Å². The number of carbonyl (C=O) groups is 2. The van der Waals surface area contributed by atoms with Gasteiger partial charge < -0.3 is 5.32 Å². The van der Waals surface area contributed by atoms with Gasteiger partial charge >= 0.3 is 6.03 Å². The normalized spacial score (nSPS) is 32.0. The lowest BCUT2D eigenvalue weighted by molar-refractivity contribution is -0.133. The molecule has 19 heavy (non-hydrogen) atoms. The van der Waals surface area contributed by atoms with Crippen LogP contribution in [-0.4, -0.2) is 34.3 Å². The zero-order valence-corrected chi connectivity index (χ0v) is 13.5. The Morgan fingerprint density at radius 2 is 1.95 bits per heavy atom. The molecule has 4 nitrogen and oxygen atoms in total. The summed E-state index contributed by atoms with van der Waals surface area (Å²) in [6, 6.07) is -0.214. The van der Waals surface area contributed by atoms with E-state index in [0.717, 1.165) is 31.0 Å². The summed E-state index contributed by atoms with van der Waals surface area (Å²) in [5.41, 5.74) is -0.702. The second kappa shape index (κ2) is 5.08. The van der Waals surface area contributed by atoms with Crippen molar-refractivity contribution in [1.82, 2.24) is 10.2 Å². The van der Waals surface area contributed by atoms with Gasteiger partial charge in [-0.3, -0.25) is 9.69 Å². The maximum absolute atomic E-state index is 12.6. The first-order valence-corrected chi connectivity index (χ1v) is 8.12. The standard InChI is InChI=1S/C14H23BrN2O2/c1-10-4-6-14(7-5-10)11(18)17(12(19)16-14)9-13(2,3)8-15/h10H,4-9H2,1-3H3,(H,16,19). The van der Waals surface area contributed by atoms with Crippen LogP contribution in [0.2, 0.25) is 0 Å². The van der Waals surface area contributed by atoms with Crippen molar-refractivity contribution in [2.45, 2.75) is 52.0 Å². The van der Waals surface area contributed by atoms with Crippen LogP contribution in [0.15, 0.2) is 0 Å². The Balaban J connectivity index is 2.12. The number of halogens is 1. The third-order valence-electron chi connectivity index (χ3n) is 4.32. The second-order valence-electron chi connectivity index (χ2n) is 6.88. The summed E-state index contributed by atoms with van der Waals surface area (Å²) in [6.07, 6.45) is 3.59. The molecule has 1 saturated carbocycles. The molecule has 1 aliphatic heterocycles. The van der Waals surface area contributed by atoms with Crippen LogP contribution in [-0.2, 0) is 4.79 Å². The molecule has 2 fully saturated rings. The molecule has 0 bridgehead atoms. The highest BCUT2D eigenvalue weighted by molar-refractivity contribution is 9.09. The van der Waals surface area contributed by atoms with Gasteiger partial charge in [-0.05, 0) is 37.0 Å².